The van der Waals surface area contributed by atoms with Crippen molar-refractivity contribution in [2.45, 2.75) is 13.0 Å². The number of aromatic nitrogens is 3. The first kappa shape index (κ1) is 14.8. The van der Waals surface area contributed by atoms with Crippen LogP contribution < -0.4 is 11.1 Å². The van der Waals surface area contributed by atoms with Gasteiger partial charge in [-0.05, 0) is 18.6 Å². The van der Waals surface area contributed by atoms with E-state index in [0.29, 0.717) is 17.7 Å². The van der Waals surface area contributed by atoms with Crippen molar-refractivity contribution in [3.8, 4) is 11.8 Å². The molecule has 0 aromatic carbocycles. The Morgan fingerprint density at radius 3 is 3.10 bits per heavy atom. The van der Waals surface area contributed by atoms with E-state index in [4.69, 9.17) is 5.73 Å². The normalized spacial score (nSPS) is 9.76. The van der Waals surface area contributed by atoms with E-state index in [1.807, 2.05) is 16.9 Å². The summed E-state index contributed by atoms with van der Waals surface area (Å²) in [5.74, 6) is 5.44. The second-order valence-corrected chi connectivity index (χ2v) is 4.35. The molecule has 0 spiro atoms. The predicted octanol–water partition coefficient (Wildman–Crippen LogP) is 0.408. The molecule has 2 aromatic rings. The Labute approximate surface area is 123 Å². The van der Waals surface area contributed by atoms with Crippen molar-refractivity contribution in [1.82, 2.24) is 20.1 Å². The minimum absolute atomic E-state index is 0.153. The molecule has 3 N–H and O–H groups in total. The summed E-state index contributed by atoms with van der Waals surface area (Å²) in [6.07, 6.45) is 7.57. The molecule has 0 saturated carbocycles. The van der Waals surface area contributed by atoms with Crippen LogP contribution in [-0.4, -0.2) is 33.8 Å². The minimum atomic E-state index is -0.153. The Kier molecular flexibility index (Phi) is 5.50. The monoisotopic (exact) mass is 283 g/mol. The van der Waals surface area contributed by atoms with E-state index in [1.54, 1.807) is 18.5 Å². The standard InChI is InChI=1S/C15H17N5O/c16-5-1-4-13-10-14(12-17-11-13)15(21)18-6-2-8-20-9-3-7-19-20/h3,7,9-12H,2,5-6,8,16H2,(H,18,21). The molecule has 0 unspecified atom stereocenters. The Bertz CT molecular complexity index is 640. The highest BCUT2D eigenvalue weighted by Gasteiger charge is 2.05. The van der Waals surface area contributed by atoms with Gasteiger partial charge in [-0.15, -0.1) is 0 Å². The van der Waals surface area contributed by atoms with Crippen molar-refractivity contribution in [1.29, 1.82) is 0 Å². The average Bonchev–Trinajstić information content (AvgIpc) is 3.03. The van der Waals surface area contributed by atoms with Crippen LogP contribution in [0, 0.1) is 11.8 Å². The van der Waals surface area contributed by atoms with Crippen molar-refractivity contribution in [2.75, 3.05) is 13.1 Å². The van der Waals surface area contributed by atoms with Gasteiger partial charge in [0.1, 0.15) is 0 Å². The number of nitrogens with zero attached hydrogens (tertiary/aromatic N) is 3. The highest BCUT2D eigenvalue weighted by Crippen LogP contribution is 2.01. The van der Waals surface area contributed by atoms with Gasteiger partial charge in [-0.2, -0.15) is 5.10 Å². The van der Waals surface area contributed by atoms with Gasteiger partial charge in [0, 0.05) is 43.4 Å². The number of hydrogen-bond donors (Lipinski definition) is 2. The number of pyridine rings is 1. The summed E-state index contributed by atoms with van der Waals surface area (Å²) < 4.78 is 1.83. The fourth-order valence-corrected chi connectivity index (χ4v) is 1.76. The molecule has 6 heteroatoms. The van der Waals surface area contributed by atoms with Gasteiger partial charge in [0.25, 0.3) is 5.91 Å². The lowest BCUT2D eigenvalue weighted by Crippen LogP contribution is -2.25. The Hall–Kier alpha value is -2.65. The molecule has 0 bridgehead atoms. The maximum Gasteiger partial charge on any atom is 0.252 e. The first-order chi connectivity index (χ1) is 10.3. The summed E-state index contributed by atoms with van der Waals surface area (Å²) in [7, 11) is 0. The number of rotatable bonds is 5. The van der Waals surface area contributed by atoms with Crippen molar-refractivity contribution in [3.05, 3.63) is 48.0 Å². The van der Waals surface area contributed by atoms with E-state index in [0.717, 1.165) is 13.0 Å². The third-order valence-electron chi connectivity index (χ3n) is 2.74. The summed E-state index contributed by atoms with van der Waals surface area (Å²) in [5.41, 5.74) is 6.50. The van der Waals surface area contributed by atoms with Crippen LogP contribution in [0.1, 0.15) is 22.3 Å². The van der Waals surface area contributed by atoms with Crippen LogP contribution in [0.15, 0.2) is 36.9 Å². The van der Waals surface area contributed by atoms with Gasteiger partial charge in [-0.1, -0.05) is 11.8 Å². The van der Waals surface area contributed by atoms with Gasteiger partial charge in [0.05, 0.1) is 12.1 Å². The molecule has 6 nitrogen and oxygen atoms in total. The number of amides is 1. The van der Waals surface area contributed by atoms with Gasteiger partial charge < -0.3 is 11.1 Å². The highest BCUT2D eigenvalue weighted by atomic mass is 16.1. The SMILES string of the molecule is NCC#Cc1cncc(C(=O)NCCCn2cccn2)c1. The Balaban J connectivity index is 1.82. The molecule has 0 saturated heterocycles. The summed E-state index contributed by atoms with van der Waals surface area (Å²) in [5, 5.41) is 6.95. The van der Waals surface area contributed by atoms with E-state index in [1.165, 1.54) is 6.20 Å². The average molecular weight is 283 g/mol. The van der Waals surface area contributed by atoms with Gasteiger partial charge in [0.2, 0.25) is 0 Å². The molecule has 0 fully saturated rings. The third kappa shape index (κ3) is 4.75. The maximum absolute atomic E-state index is 12.0. The highest BCUT2D eigenvalue weighted by molar-refractivity contribution is 5.94. The molecule has 108 valence electrons. The Morgan fingerprint density at radius 1 is 1.43 bits per heavy atom. The number of carbonyl (C=O) groups is 1. The summed E-state index contributed by atoms with van der Waals surface area (Å²) in [4.78, 5) is 16.0. The molecule has 0 aliphatic carbocycles. The van der Waals surface area contributed by atoms with Crippen LogP contribution in [0.25, 0.3) is 0 Å². The van der Waals surface area contributed by atoms with Crippen molar-refractivity contribution < 1.29 is 4.79 Å². The fourth-order valence-electron chi connectivity index (χ4n) is 1.76. The molecular weight excluding hydrogens is 266 g/mol. The van der Waals surface area contributed by atoms with Crippen LogP contribution in [0.3, 0.4) is 0 Å². The van der Waals surface area contributed by atoms with Crippen molar-refractivity contribution in [3.63, 3.8) is 0 Å². The number of nitrogens with two attached hydrogens (primary N) is 1. The third-order valence-corrected chi connectivity index (χ3v) is 2.74. The quantitative estimate of drug-likeness (QED) is 0.614. The lowest BCUT2D eigenvalue weighted by molar-refractivity contribution is 0.0952. The molecule has 0 aliphatic heterocycles. The molecule has 21 heavy (non-hydrogen) atoms. The van der Waals surface area contributed by atoms with Gasteiger partial charge in [-0.3, -0.25) is 14.5 Å². The van der Waals surface area contributed by atoms with E-state index >= 15 is 0 Å². The largest absolute Gasteiger partial charge is 0.352 e. The molecule has 0 radical (unpaired) electrons. The van der Waals surface area contributed by atoms with Crippen LogP contribution >= 0.6 is 0 Å². The van der Waals surface area contributed by atoms with Gasteiger partial charge in [-0.25, -0.2) is 0 Å². The van der Waals surface area contributed by atoms with Crippen LogP contribution in [-0.2, 0) is 6.54 Å². The number of nitrogens with one attached hydrogen (secondary N) is 1. The molecule has 1 amide bonds. The predicted molar refractivity (Wildman–Crippen MR) is 79.3 cm³/mol. The first-order valence-corrected chi connectivity index (χ1v) is 6.69. The maximum atomic E-state index is 12.0. The van der Waals surface area contributed by atoms with Crippen LogP contribution in [0.5, 0.6) is 0 Å². The molecule has 0 atom stereocenters. The lowest BCUT2D eigenvalue weighted by Gasteiger charge is -2.05. The molecule has 2 rings (SSSR count). The zero-order valence-corrected chi connectivity index (χ0v) is 11.6. The molecule has 2 aromatic heterocycles. The first-order valence-electron chi connectivity index (χ1n) is 6.69. The number of carbonyl (C=O) groups excluding carboxylic acids is 1. The second-order valence-electron chi connectivity index (χ2n) is 4.35. The van der Waals surface area contributed by atoms with E-state index in [-0.39, 0.29) is 12.5 Å². The molecule has 0 aliphatic rings. The minimum Gasteiger partial charge on any atom is -0.352 e. The van der Waals surface area contributed by atoms with Crippen molar-refractivity contribution in [2.24, 2.45) is 5.73 Å². The zero-order valence-electron chi connectivity index (χ0n) is 11.6. The smallest absolute Gasteiger partial charge is 0.252 e. The van der Waals surface area contributed by atoms with Crippen molar-refractivity contribution >= 4 is 5.91 Å². The van der Waals surface area contributed by atoms with E-state index in [9.17, 15) is 4.79 Å². The van der Waals surface area contributed by atoms with E-state index < -0.39 is 0 Å². The van der Waals surface area contributed by atoms with Gasteiger partial charge in [0.15, 0.2) is 0 Å². The Morgan fingerprint density at radius 2 is 2.33 bits per heavy atom. The van der Waals surface area contributed by atoms with Gasteiger partial charge >= 0.3 is 0 Å². The zero-order chi connectivity index (χ0) is 14.9. The summed E-state index contributed by atoms with van der Waals surface area (Å²) >= 11 is 0. The lowest BCUT2D eigenvalue weighted by atomic mass is 10.2. The fraction of sp³-hybridized carbons (Fsp3) is 0.267. The van der Waals surface area contributed by atoms with E-state index in [2.05, 4.69) is 27.2 Å². The molecule has 2 heterocycles. The molecular formula is C15H17N5O. The summed E-state index contributed by atoms with van der Waals surface area (Å²) in [6, 6.07) is 3.58. The van der Waals surface area contributed by atoms with Crippen LogP contribution in [0.4, 0.5) is 0 Å². The second kappa shape index (κ2) is 7.82. The van der Waals surface area contributed by atoms with Crippen LogP contribution in [0.2, 0.25) is 0 Å². The number of aryl methyl sites for hydroxylation is 1. The topological polar surface area (TPSA) is 85.8 Å². The number of hydrogen-bond acceptors (Lipinski definition) is 4. The summed E-state index contributed by atoms with van der Waals surface area (Å²) in [6.45, 7) is 1.63.